The average Bonchev–Trinajstić information content (AvgIpc) is 2.17. The van der Waals surface area contributed by atoms with Crippen molar-refractivity contribution in [3.8, 4) is 0 Å². The third-order valence-corrected chi connectivity index (χ3v) is 2.96. The van der Waals surface area contributed by atoms with E-state index in [4.69, 9.17) is 0 Å². The molecule has 0 spiro atoms. The highest BCUT2D eigenvalue weighted by atomic mass is 16.1. The highest BCUT2D eigenvalue weighted by Gasteiger charge is 2.20. The van der Waals surface area contributed by atoms with Crippen molar-refractivity contribution in [2.24, 2.45) is 17.8 Å². The Kier molecular flexibility index (Phi) is 3.51. The number of carbonyl (C=O) groups is 1. The van der Waals surface area contributed by atoms with Gasteiger partial charge in [0.15, 0.2) is 0 Å². The van der Waals surface area contributed by atoms with Crippen LogP contribution in [0.3, 0.4) is 0 Å². The molecule has 3 unspecified atom stereocenters. The van der Waals surface area contributed by atoms with E-state index in [0.717, 1.165) is 25.0 Å². The Morgan fingerprint density at radius 2 is 2.42 bits per heavy atom. The van der Waals surface area contributed by atoms with Crippen molar-refractivity contribution in [3.05, 3.63) is 12.2 Å². The zero-order chi connectivity index (χ0) is 8.97. The summed E-state index contributed by atoms with van der Waals surface area (Å²) in [5.74, 6) is 1.65. The normalized spacial score (nSPS) is 31.5. The van der Waals surface area contributed by atoms with Gasteiger partial charge in [0.1, 0.15) is 6.29 Å². The van der Waals surface area contributed by atoms with E-state index in [1.807, 2.05) is 0 Å². The number of hydrogen-bond acceptors (Lipinski definition) is 1. The molecule has 0 fully saturated rings. The minimum atomic E-state index is 0.286. The first-order chi connectivity index (χ1) is 5.77. The zero-order valence-corrected chi connectivity index (χ0v) is 7.99. The molecular weight excluding hydrogens is 148 g/mol. The molecule has 1 aliphatic carbocycles. The Morgan fingerprint density at radius 3 is 3.00 bits per heavy atom. The Bertz CT molecular complexity index is 172. The van der Waals surface area contributed by atoms with E-state index in [2.05, 4.69) is 26.0 Å². The smallest absolute Gasteiger partial charge is 0.123 e. The third-order valence-electron chi connectivity index (χ3n) is 2.96. The molecule has 3 atom stereocenters. The van der Waals surface area contributed by atoms with Crippen LogP contribution in [0.4, 0.5) is 0 Å². The molecule has 0 aromatic heterocycles. The molecule has 0 heterocycles. The summed E-state index contributed by atoms with van der Waals surface area (Å²) >= 11 is 0. The molecule has 12 heavy (non-hydrogen) atoms. The molecule has 0 saturated carbocycles. The molecule has 0 amide bonds. The fourth-order valence-corrected chi connectivity index (χ4v) is 1.79. The summed E-state index contributed by atoms with van der Waals surface area (Å²) in [6, 6.07) is 0. The summed E-state index contributed by atoms with van der Waals surface area (Å²) in [5.41, 5.74) is 0. The van der Waals surface area contributed by atoms with E-state index in [9.17, 15) is 4.79 Å². The van der Waals surface area contributed by atoms with Gasteiger partial charge in [-0.1, -0.05) is 32.4 Å². The first-order valence-corrected chi connectivity index (χ1v) is 4.89. The van der Waals surface area contributed by atoms with Gasteiger partial charge >= 0.3 is 0 Å². The summed E-state index contributed by atoms with van der Waals surface area (Å²) < 4.78 is 0. The second-order valence-corrected chi connectivity index (χ2v) is 3.85. The third kappa shape index (κ3) is 2.20. The lowest BCUT2D eigenvalue weighted by Crippen LogP contribution is -2.17. The van der Waals surface area contributed by atoms with Gasteiger partial charge in [-0.3, -0.25) is 0 Å². The maximum absolute atomic E-state index is 10.6. The fraction of sp³-hybridized carbons (Fsp3) is 0.727. The van der Waals surface area contributed by atoms with Gasteiger partial charge in [-0.25, -0.2) is 0 Å². The summed E-state index contributed by atoms with van der Waals surface area (Å²) in [6.45, 7) is 4.48. The molecule has 68 valence electrons. The second kappa shape index (κ2) is 4.44. The molecule has 0 N–H and O–H groups in total. The lowest BCUT2D eigenvalue weighted by atomic mass is 9.80. The number of allylic oxidation sites excluding steroid dienone is 2. The van der Waals surface area contributed by atoms with Crippen LogP contribution in [0, 0.1) is 17.8 Å². The van der Waals surface area contributed by atoms with Gasteiger partial charge in [0, 0.05) is 5.92 Å². The first-order valence-electron chi connectivity index (χ1n) is 4.89. The van der Waals surface area contributed by atoms with Crippen LogP contribution in [0.15, 0.2) is 12.2 Å². The van der Waals surface area contributed by atoms with Crippen LogP contribution in [-0.2, 0) is 4.79 Å². The van der Waals surface area contributed by atoms with Gasteiger partial charge in [0.2, 0.25) is 0 Å². The van der Waals surface area contributed by atoms with E-state index in [-0.39, 0.29) is 5.92 Å². The molecule has 1 nitrogen and oxygen atoms in total. The minimum Gasteiger partial charge on any atom is -0.303 e. The van der Waals surface area contributed by atoms with Gasteiger partial charge < -0.3 is 4.79 Å². The van der Waals surface area contributed by atoms with Crippen molar-refractivity contribution in [1.82, 2.24) is 0 Å². The van der Waals surface area contributed by atoms with Crippen LogP contribution in [0.2, 0.25) is 0 Å². The Labute approximate surface area is 74.9 Å². The summed E-state index contributed by atoms with van der Waals surface area (Å²) in [4.78, 5) is 10.6. The van der Waals surface area contributed by atoms with Crippen LogP contribution in [0.1, 0.15) is 33.1 Å². The van der Waals surface area contributed by atoms with Gasteiger partial charge in [-0.15, -0.1) is 0 Å². The molecule has 0 saturated heterocycles. The van der Waals surface area contributed by atoms with E-state index in [1.165, 1.54) is 6.42 Å². The molecule has 1 heteroatoms. The fourth-order valence-electron chi connectivity index (χ4n) is 1.79. The molecule has 0 radical (unpaired) electrons. The van der Waals surface area contributed by atoms with E-state index in [1.54, 1.807) is 0 Å². The highest BCUT2D eigenvalue weighted by Crippen LogP contribution is 2.29. The van der Waals surface area contributed by atoms with Crippen molar-refractivity contribution in [1.29, 1.82) is 0 Å². The summed E-state index contributed by atoms with van der Waals surface area (Å²) in [5, 5.41) is 0. The SMILES string of the molecule is CCC(C)C1C=CCC(C=O)C1. The van der Waals surface area contributed by atoms with Gasteiger partial charge in [0.05, 0.1) is 0 Å². The van der Waals surface area contributed by atoms with Crippen molar-refractivity contribution >= 4 is 6.29 Å². The molecule has 1 rings (SSSR count). The first kappa shape index (κ1) is 9.50. The monoisotopic (exact) mass is 166 g/mol. The lowest BCUT2D eigenvalue weighted by Gasteiger charge is -2.25. The molecule has 0 aromatic rings. The van der Waals surface area contributed by atoms with Crippen LogP contribution in [-0.4, -0.2) is 6.29 Å². The molecule has 1 aliphatic rings. The van der Waals surface area contributed by atoms with Gasteiger partial charge in [-0.05, 0) is 24.7 Å². The van der Waals surface area contributed by atoms with E-state index >= 15 is 0 Å². The summed E-state index contributed by atoms with van der Waals surface area (Å²) in [6.07, 6.45) is 8.79. The van der Waals surface area contributed by atoms with Crippen molar-refractivity contribution in [2.45, 2.75) is 33.1 Å². The Balaban J connectivity index is 2.51. The Morgan fingerprint density at radius 1 is 1.67 bits per heavy atom. The number of carbonyl (C=O) groups excluding carboxylic acids is 1. The molecular formula is C11H18O. The van der Waals surface area contributed by atoms with Crippen LogP contribution in [0.5, 0.6) is 0 Å². The van der Waals surface area contributed by atoms with Gasteiger partial charge in [0.25, 0.3) is 0 Å². The minimum absolute atomic E-state index is 0.286. The van der Waals surface area contributed by atoms with E-state index < -0.39 is 0 Å². The van der Waals surface area contributed by atoms with Crippen LogP contribution < -0.4 is 0 Å². The van der Waals surface area contributed by atoms with Crippen LogP contribution in [0.25, 0.3) is 0 Å². The molecule has 0 aromatic carbocycles. The maximum Gasteiger partial charge on any atom is 0.123 e. The molecule has 0 bridgehead atoms. The summed E-state index contributed by atoms with van der Waals surface area (Å²) in [7, 11) is 0. The van der Waals surface area contributed by atoms with Crippen molar-refractivity contribution < 1.29 is 4.79 Å². The predicted molar refractivity (Wildman–Crippen MR) is 50.9 cm³/mol. The number of rotatable bonds is 3. The highest BCUT2D eigenvalue weighted by molar-refractivity contribution is 5.54. The standard InChI is InChI=1S/C11H18O/c1-3-9(2)11-6-4-5-10(7-11)8-12/h4,6,8-11H,3,5,7H2,1-2H3. The average molecular weight is 166 g/mol. The van der Waals surface area contributed by atoms with Crippen molar-refractivity contribution in [2.75, 3.05) is 0 Å². The van der Waals surface area contributed by atoms with Crippen LogP contribution >= 0.6 is 0 Å². The lowest BCUT2D eigenvalue weighted by molar-refractivity contribution is -0.111. The van der Waals surface area contributed by atoms with Gasteiger partial charge in [-0.2, -0.15) is 0 Å². The number of hydrogen-bond donors (Lipinski definition) is 0. The largest absolute Gasteiger partial charge is 0.303 e. The maximum atomic E-state index is 10.6. The zero-order valence-electron chi connectivity index (χ0n) is 7.99. The number of aldehydes is 1. The quantitative estimate of drug-likeness (QED) is 0.465. The van der Waals surface area contributed by atoms with E-state index in [0.29, 0.717) is 5.92 Å². The second-order valence-electron chi connectivity index (χ2n) is 3.85. The predicted octanol–water partition coefficient (Wildman–Crippen LogP) is 2.81. The topological polar surface area (TPSA) is 17.1 Å². The molecule has 0 aliphatic heterocycles. The Hall–Kier alpha value is -0.590. The van der Waals surface area contributed by atoms with Crippen molar-refractivity contribution in [3.63, 3.8) is 0 Å².